The molecule has 0 spiro atoms. The van der Waals surface area contributed by atoms with Gasteiger partial charge in [0.25, 0.3) is 5.88 Å². The van der Waals surface area contributed by atoms with E-state index in [0.29, 0.717) is 0 Å². The quantitative estimate of drug-likeness (QED) is 0.742. The molecule has 0 aliphatic carbocycles. The molecule has 0 aromatic carbocycles. The molecule has 1 aromatic heterocycles. The van der Waals surface area contributed by atoms with Gasteiger partial charge in [0.1, 0.15) is 6.10 Å². The molecule has 0 unspecified atom stereocenters. The Bertz CT molecular complexity index is 324. The molecule has 0 amide bonds. The van der Waals surface area contributed by atoms with Crippen LogP contribution in [-0.2, 0) is 0 Å². The highest BCUT2D eigenvalue weighted by Gasteiger charge is 2.19. The SMILES string of the molecule is CN1CCC(Oc2ncccc2F)CC1. The van der Waals surface area contributed by atoms with Crippen LogP contribution in [0.15, 0.2) is 18.3 Å². The second-order valence-electron chi connectivity index (χ2n) is 3.91. The van der Waals surface area contributed by atoms with Crippen LogP contribution in [0.25, 0.3) is 0 Å². The largest absolute Gasteiger partial charge is 0.472 e. The Balaban J connectivity index is 1.95. The van der Waals surface area contributed by atoms with Crippen molar-refractivity contribution in [2.45, 2.75) is 18.9 Å². The van der Waals surface area contributed by atoms with Crippen molar-refractivity contribution in [2.75, 3.05) is 20.1 Å². The fraction of sp³-hybridized carbons (Fsp3) is 0.545. The molecule has 0 saturated carbocycles. The first-order chi connectivity index (χ1) is 7.25. The predicted molar refractivity (Wildman–Crippen MR) is 55.3 cm³/mol. The third-order valence-electron chi connectivity index (χ3n) is 2.67. The lowest BCUT2D eigenvalue weighted by Crippen LogP contribution is -2.35. The van der Waals surface area contributed by atoms with Gasteiger partial charge in [-0.25, -0.2) is 9.37 Å². The maximum Gasteiger partial charge on any atom is 0.250 e. The fourth-order valence-corrected chi connectivity index (χ4v) is 1.72. The summed E-state index contributed by atoms with van der Waals surface area (Å²) in [7, 11) is 2.08. The first-order valence-electron chi connectivity index (χ1n) is 5.21. The summed E-state index contributed by atoms with van der Waals surface area (Å²) in [5, 5.41) is 0. The summed E-state index contributed by atoms with van der Waals surface area (Å²) in [6.45, 7) is 2.00. The third-order valence-corrected chi connectivity index (χ3v) is 2.67. The van der Waals surface area contributed by atoms with E-state index in [0.717, 1.165) is 25.9 Å². The van der Waals surface area contributed by atoms with E-state index in [1.165, 1.54) is 6.07 Å². The molecule has 0 radical (unpaired) electrons. The molecule has 1 aromatic rings. The van der Waals surface area contributed by atoms with Crippen LogP contribution >= 0.6 is 0 Å². The Labute approximate surface area is 88.9 Å². The third kappa shape index (κ3) is 2.65. The minimum Gasteiger partial charge on any atom is -0.472 e. The number of aromatic nitrogens is 1. The lowest BCUT2D eigenvalue weighted by molar-refractivity contribution is 0.105. The highest BCUT2D eigenvalue weighted by Crippen LogP contribution is 2.18. The maximum absolute atomic E-state index is 13.2. The number of likely N-dealkylation sites (tertiary alicyclic amines) is 1. The van der Waals surface area contributed by atoms with Gasteiger partial charge in [0, 0.05) is 19.3 Å². The van der Waals surface area contributed by atoms with Gasteiger partial charge in [0.15, 0.2) is 5.82 Å². The average Bonchev–Trinajstić information content (AvgIpc) is 2.25. The second-order valence-corrected chi connectivity index (χ2v) is 3.91. The summed E-state index contributed by atoms with van der Waals surface area (Å²) in [6, 6.07) is 2.94. The van der Waals surface area contributed by atoms with Crippen molar-refractivity contribution in [2.24, 2.45) is 0 Å². The van der Waals surface area contributed by atoms with E-state index in [9.17, 15) is 4.39 Å². The van der Waals surface area contributed by atoms with Crippen molar-refractivity contribution in [1.29, 1.82) is 0 Å². The Morgan fingerprint density at radius 1 is 1.47 bits per heavy atom. The minimum absolute atomic E-state index is 0.102. The Morgan fingerprint density at radius 2 is 2.20 bits per heavy atom. The molecule has 82 valence electrons. The number of ether oxygens (including phenoxy) is 1. The molecule has 1 fully saturated rings. The smallest absolute Gasteiger partial charge is 0.250 e. The van der Waals surface area contributed by atoms with Gasteiger partial charge in [-0.2, -0.15) is 0 Å². The summed E-state index contributed by atoms with van der Waals surface area (Å²) in [6.07, 6.45) is 3.53. The predicted octanol–water partition coefficient (Wildman–Crippen LogP) is 1.69. The van der Waals surface area contributed by atoms with E-state index in [1.807, 2.05) is 0 Å². The van der Waals surface area contributed by atoms with Gasteiger partial charge in [-0.3, -0.25) is 0 Å². The minimum atomic E-state index is -0.378. The topological polar surface area (TPSA) is 25.4 Å². The molecule has 1 saturated heterocycles. The van der Waals surface area contributed by atoms with Crippen LogP contribution in [0.4, 0.5) is 4.39 Å². The van der Waals surface area contributed by atoms with Gasteiger partial charge >= 0.3 is 0 Å². The molecule has 1 aliphatic rings. The first kappa shape index (κ1) is 10.4. The highest BCUT2D eigenvalue weighted by molar-refractivity contribution is 5.13. The van der Waals surface area contributed by atoms with Crippen molar-refractivity contribution in [3.05, 3.63) is 24.1 Å². The van der Waals surface area contributed by atoms with Crippen LogP contribution in [0.5, 0.6) is 5.88 Å². The molecular weight excluding hydrogens is 195 g/mol. The number of rotatable bonds is 2. The normalized spacial score (nSPS) is 19.1. The van der Waals surface area contributed by atoms with Gasteiger partial charge in [-0.05, 0) is 32.0 Å². The lowest BCUT2D eigenvalue weighted by atomic mass is 10.1. The van der Waals surface area contributed by atoms with Crippen LogP contribution in [0.3, 0.4) is 0 Å². The van der Waals surface area contributed by atoms with Crippen LogP contribution < -0.4 is 4.74 Å². The molecule has 1 aliphatic heterocycles. The summed E-state index contributed by atoms with van der Waals surface area (Å²) in [5.41, 5.74) is 0. The Hall–Kier alpha value is -1.16. The second kappa shape index (κ2) is 4.57. The van der Waals surface area contributed by atoms with Crippen molar-refractivity contribution in [1.82, 2.24) is 9.88 Å². The van der Waals surface area contributed by atoms with Crippen LogP contribution in [0, 0.1) is 5.82 Å². The Kier molecular flexibility index (Phi) is 3.16. The lowest BCUT2D eigenvalue weighted by Gasteiger charge is -2.28. The highest BCUT2D eigenvalue weighted by atomic mass is 19.1. The van der Waals surface area contributed by atoms with Gasteiger partial charge in [-0.15, -0.1) is 0 Å². The number of piperidine rings is 1. The van der Waals surface area contributed by atoms with E-state index in [1.54, 1.807) is 12.3 Å². The maximum atomic E-state index is 13.2. The van der Waals surface area contributed by atoms with E-state index in [2.05, 4.69) is 16.9 Å². The van der Waals surface area contributed by atoms with Crippen molar-refractivity contribution >= 4 is 0 Å². The number of nitrogens with zero attached hydrogens (tertiary/aromatic N) is 2. The molecular formula is C11H15FN2O. The van der Waals surface area contributed by atoms with Gasteiger partial charge in [0.2, 0.25) is 0 Å². The molecule has 2 rings (SSSR count). The molecule has 0 atom stereocenters. The van der Waals surface area contributed by atoms with Gasteiger partial charge in [0.05, 0.1) is 0 Å². The van der Waals surface area contributed by atoms with Crippen LogP contribution in [0.2, 0.25) is 0 Å². The molecule has 4 heteroatoms. The van der Waals surface area contributed by atoms with E-state index in [-0.39, 0.29) is 17.8 Å². The first-order valence-corrected chi connectivity index (χ1v) is 5.21. The molecule has 15 heavy (non-hydrogen) atoms. The van der Waals surface area contributed by atoms with Crippen molar-refractivity contribution < 1.29 is 9.13 Å². The number of hydrogen-bond acceptors (Lipinski definition) is 3. The zero-order chi connectivity index (χ0) is 10.7. The molecule has 2 heterocycles. The van der Waals surface area contributed by atoms with Gasteiger partial charge < -0.3 is 9.64 Å². The zero-order valence-corrected chi connectivity index (χ0v) is 8.82. The standard InChI is InChI=1S/C11H15FN2O/c1-14-7-4-9(5-8-14)15-11-10(12)3-2-6-13-11/h2-3,6,9H,4-5,7-8H2,1H3. The van der Waals surface area contributed by atoms with Crippen LogP contribution in [0.1, 0.15) is 12.8 Å². The molecule has 0 bridgehead atoms. The van der Waals surface area contributed by atoms with Crippen molar-refractivity contribution in [3.8, 4) is 5.88 Å². The average molecular weight is 210 g/mol. The van der Waals surface area contributed by atoms with Crippen molar-refractivity contribution in [3.63, 3.8) is 0 Å². The Morgan fingerprint density at radius 3 is 2.87 bits per heavy atom. The van der Waals surface area contributed by atoms with E-state index in [4.69, 9.17) is 4.74 Å². The monoisotopic (exact) mass is 210 g/mol. The zero-order valence-electron chi connectivity index (χ0n) is 8.82. The van der Waals surface area contributed by atoms with Gasteiger partial charge in [-0.1, -0.05) is 0 Å². The summed E-state index contributed by atoms with van der Waals surface area (Å²) >= 11 is 0. The number of hydrogen-bond donors (Lipinski definition) is 0. The summed E-state index contributed by atoms with van der Waals surface area (Å²) in [4.78, 5) is 6.13. The fourth-order valence-electron chi connectivity index (χ4n) is 1.72. The molecule has 3 nitrogen and oxygen atoms in total. The van der Waals surface area contributed by atoms with E-state index < -0.39 is 0 Å². The molecule has 0 N–H and O–H groups in total. The van der Waals surface area contributed by atoms with E-state index >= 15 is 0 Å². The van der Waals surface area contributed by atoms with Crippen LogP contribution in [-0.4, -0.2) is 36.1 Å². The number of pyridine rings is 1. The number of halogens is 1. The summed E-state index contributed by atoms with van der Waals surface area (Å²) in [5.74, 6) is -0.247. The summed E-state index contributed by atoms with van der Waals surface area (Å²) < 4.78 is 18.7.